The van der Waals surface area contributed by atoms with Crippen LogP contribution < -0.4 is 10.3 Å². The van der Waals surface area contributed by atoms with Gasteiger partial charge in [0.1, 0.15) is 5.75 Å². The molecule has 1 N–H and O–H groups in total. The van der Waals surface area contributed by atoms with Crippen molar-refractivity contribution >= 4 is 0 Å². The molecule has 3 rings (SSSR count). The van der Waals surface area contributed by atoms with Crippen molar-refractivity contribution in [2.45, 2.75) is 13.3 Å². The summed E-state index contributed by atoms with van der Waals surface area (Å²) in [6.45, 7) is 1.80. The highest BCUT2D eigenvalue weighted by Gasteiger charge is 2.30. The number of alkyl halides is 3. The fourth-order valence-electron chi connectivity index (χ4n) is 2.34. The molecule has 3 aromatic rings. The van der Waals surface area contributed by atoms with E-state index >= 15 is 0 Å². The van der Waals surface area contributed by atoms with Gasteiger partial charge in [-0.15, -0.1) is 13.2 Å². The van der Waals surface area contributed by atoms with Gasteiger partial charge in [0.25, 0.3) is 5.56 Å². The predicted octanol–water partition coefficient (Wildman–Crippen LogP) is 3.43. The first-order valence-electron chi connectivity index (χ1n) is 6.92. The van der Waals surface area contributed by atoms with Crippen LogP contribution in [0.25, 0.3) is 16.8 Å². The number of nitrogens with zero attached hydrogens (tertiary/aromatic N) is 2. The molecule has 0 unspecified atom stereocenters. The van der Waals surface area contributed by atoms with Crippen LogP contribution in [0.1, 0.15) is 5.56 Å². The highest BCUT2D eigenvalue weighted by Crippen LogP contribution is 2.25. The molecule has 0 amide bonds. The third kappa shape index (κ3) is 3.32. The average Bonchev–Trinajstić information content (AvgIpc) is 3.01. The Kier molecular flexibility index (Phi) is 3.88. The normalized spacial score (nSPS) is 11.5. The lowest BCUT2D eigenvalue weighted by molar-refractivity contribution is -0.274. The number of aryl methyl sites for hydroxylation is 1. The number of nitrogens with one attached hydrogen (secondary N) is 1. The number of pyridine rings is 1. The Balaban J connectivity index is 2.00. The van der Waals surface area contributed by atoms with Gasteiger partial charge in [0, 0.05) is 35.3 Å². The standard InChI is InChI=1S/C16H12F3N3O2/c1-10-6-15(23)22(9-14(10)11-7-20-21-8-11)12-2-4-13(5-3-12)24-16(17,18)19/h2-9H,1H3,(H,20,21). The Morgan fingerprint density at radius 3 is 2.50 bits per heavy atom. The number of hydrogen-bond acceptors (Lipinski definition) is 3. The van der Waals surface area contributed by atoms with E-state index in [1.165, 1.54) is 22.8 Å². The Morgan fingerprint density at radius 1 is 1.21 bits per heavy atom. The number of benzene rings is 1. The Bertz CT molecular complexity index is 898. The SMILES string of the molecule is Cc1cc(=O)n(-c2ccc(OC(F)(F)F)cc2)cc1-c1cn[nH]c1. The van der Waals surface area contributed by atoms with E-state index in [-0.39, 0.29) is 11.3 Å². The monoisotopic (exact) mass is 335 g/mol. The minimum Gasteiger partial charge on any atom is -0.406 e. The van der Waals surface area contributed by atoms with Gasteiger partial charge in [-0.25, -0.2) is 0 Å². The molecule has 0 saturated carbocycles. The van der Waals surface area contributed by atoms with E-state index in [1.54, 1.807) is 25.5 Å². The van der Waals surface area contributed by atoms with E-state index in [4.69, 9.17) is 0 Å². The predicted molar refractivity (Wildman–Crippen MR) is 81.0 cm³/mol. The summed E-state index contributed by atoms with van der Waals surface area (Å²) in [7, 11) is 0. The number of aromatic amines is 1. The van der Waals surface area contributed by atoms with Crippen LogP contribution in [-0.2, 0) is 0 Å². The second-order valence-electron chi connectivity index (χ2n) is 5.11. The van der Waals surface area contributed by atoms with Crippen LogP contribution in [0.15, 0.2) is 53.7 Å². The Morgan fingerprint density at radius 2 is 1.92 bits per heavy atom. The average molecular weight is 335 g/mol. The van der Waals surface area contributed by atoms with Crippen LogP contribution in [0.3, 0.4) is 0 Å². The molecule has 0 fully saturated rings. The molecule has 5 nitrogen and oxygen atoms in total. The summed E-state index contributed by atoms with van der Waals surface area (Å²) in [5, 5.41) is 6.57. The molecule has 24 heavy (non-hydrogen) atoms. The van der Waals surface area contributed by atoms with E-state index < -0.39 is 6.36 Å². The number of rotatable bonds is 3. The third-order valence-electron chi connectivity index (χ3n) is 3.42. The van der Waals surface area contributed by atoms with E-state index in [0.29, 0.717) is 5.69 Å². The Hall–Kier alpha value is -3.03. The van der Waals surface area contributed by atoms with Crippen LogP contribution in [0, 0.1) is 6.92 Å². The first kappa shape index (κ1) is 15.9. The highest BCUT2D eigenvalue weighted by atomic mass is 19.4. The maximum atomic E-state index is 12.2. The van der Waals surface area contributed by atoms with Crippen LogP contribution in [0.5, 0.6) is 5.75 Å². The van der Waals surface area contributed by atoms with Gasteiger partial charge in [-0.3, -0.25) is 14.5 Å². The largest absolute Gasteiger partial charge is 0.573 e. The van der Waals surface area contributed by atoms with Crippen LogP contribution in [0.2, 0.25) is 0 Å². The van der Waals surface area contributed by atoms with Gasteiger partial charge in [-0.1, -0.05) is 0 Å². The summed E-state index contributed by atoms with van der Waals surface area (Å²) in [5.41, 5.74) is 2.51. The van der Waals surface area contributed by atoms with E-state index in [2.05, 4.69) is 14.9 Å². The molecule has 0 bridgehead atoms. The molecule has 8 heteroatoms. The number of aromatic nitrogens is 3. The quantitative estimate of drug-likeness (QED) is 0.798. The van der Waals surface area contributed by atoms with E-state index in [9.17, 15) is 18.0 Å². The van der Waals surface area contributed by atoms with Crippen molar-refractivity contribution in [3.05, 3.63) is 64.8 Å². The number of ether oxygens (including phenoxy) is 1. The molecule has 0 aliphatic heterocycles. The Labute approximate surface area is 134 Å². The first-order chi connectivity index (χ1) is 11.3. The van der Waals surface area contributed by atoms with Crippen LogP contribution in [-0.4, -0.2) is 21.1 Å². The van der Waals surface area contributed by atoms with Gasteiger partial charge < -0.3 is 4.74 Å². The summed E-state index contributed by atoms with van der Waals surface area (Å²) in [6.07, 6.45) is 0.188. The van der Waals surface area contributed by atoms with Crippen LogP contribution >= 0.6 is 0 Å². The number of H-pyrrole nitrogens is 1. The van der Waals surface area contributed by atoms with Crippen molar-refractivity contribution in [1.29, 1.82) is 0 Å². The van der Waals surface area contributed by atoms with Crippen molar-refractivity contribution in [3.63, 3.8) is 0 Å². The van der Waals surface area contributed by atoms with Crippen molar-refractivity contribution < 1.29 is 17.9 Å². The zero-order valence-electron chi connectivity index (χ0n) is 12.5. The maximum absolute atomic E-state index is 12.2. The van der Waals surface area contributed by atoms with E-state index in [1.807, 2.05) is 0 Å². The summed E-state index contributed by atoms with van der Waals surface area (Å²) in [4.78, 5) is 12.2. The number of hydrogen-bond donors (Lipinski definition) is 1. The second kappa shape index (κ2) is 5.88. The molecule has 0 saturated heterocycles. The lowest BCUT2D eigenvalue weighted by Crippen LogP contribution is -2.18. The molecule has 2 heterocycles. The minimum atomic E-state index is -4.75. The van der Waals surface area contributed by atoms with Crippen molar-refractivity contribution in [1.82, 2.24) is 14.8 Å². The van der Waals surface area contributed by atoms with Crippen molar-refractivity contribution in [2.24, 2.45) is 0 Å². The summed E-state index contributed by atoms with van der Waals surface area (Å²) < 4.78 is 41.8. The molecule has 0 radical (unpaired) electrons. The molecule has 2 aromatic heterocycles. The van der Waals surface area contributed by atoms with Gasteiger partial charge in [0.15, 0.2) is 0 Å². The lowest BCUT2D eigenvalue weighted by atomic mass is 10.1. The van der Waals surface area contributed by atoms with Gasteiger partial charge in [-0.05, 0) is 36.8 Å². The van der Waals surface area contributed by atoms with Crippen molar-refractivity contribution in [2.75, 3.05) is 0 Å². The fourth-order valence-corrected chi connectivity index (χ4v) is 2.34. The second-order valence-corrected chi connectivity index (χ2v) is 5.11. The molecular weight excluding hydrogens is 323 g/mol. The van der Waals surface area contributed by atoms with Gasteiger partial charge in [0.2, 0.25) is 0 Å². The third-order valence-corrected chi connectivity index (χ3v) is 3.42. The first-order valence-corrected chi connectivity index (χ1v) is 6.92. The highest BCUT2D eigenvalue weighted by molar-refractivity contribution is 5.65. The topological polar surface area (TPSA) is 59.9 Å². The fraction of sp³-hybridized carbons (Fsp3) is 0.125. The van der Waals surface area contributed by atoms with Gasteiger partial charge >= 0.3 is 6.36 Å². The van der Waals surface area contributed by atoms with Gasteiger partial charge in [0.05, 0.1) is 6.20 Å². The summed E-state index contributed by atoms with van der Waals surface area (Å²) in [5.74, 6) is -0.346. The van der Waals surface area contributed by atoms with E-state index in [0.717, 1.165) is 28.8 Å². The molecule has 0 aliphatic rings. The van der Waals surface area contributed by atoms with Crippen molar-refractivity contribution in [3.8, 4) is 22.6 Å². The zero-order valence-corrected chi connectivity index (χ0v) is 12.5. The molecule has 1 aromatic carbocycles. The minimum absolute atomic E-state index is 0.288. The summed E-state index contributed by atoms with van der Waals surface area (Å²) in [6, 6.07) is 6.55. The molecule has 0 spiro atoms. The van der Waals surface area contributed by atoms with Gasteiger partial charge in [-0.2, -0.15) is 5.10 Å². The smallest absolute Gasteiger partial charge is 0.406 e. The summed E-state index contributed by atoms with van der Waals surface area (Å²) >= 11 is 0. The molecule has 0 atom stereocenters. The molecular formula is C16H12F3N3O2. The molecule has 0 aliphatic carbocycles. The number of halogens is 3. The lowest BCUT2D eigenvalue weighted by Gasteiger charge is -2.12. The zero-order chi connectivity index (χ0) is 17.3. The van der Waals surface area contributed by atoms with Crippen LogP contribution in [0.4, 0.5) is 13.2 Å². The maximum Gasteiger partial charge on any atom is 0.573 e. The molecule has 124 valence electrons.